The van der Waals surface area contributed by atoms with Gasteiger partial charge >= 0.3 is 0 Å². The monoisotopic (exact) mass is 344 g/mol. The van der Waals surface area contributed by atoms with Crippen LogP contribution in [0.5, 0.6) is 0 Å². The largest absolute Gasteiger partial charge is 0.379 e. The Bertz CT molecular complexity index is 539. The van der Waals surface area contributed by atoms with Crippen molar-refractivity contribution in [3.63, 3.8) is 0 Å². The van der Waals surface area contributed by atoms with Gasteiger partial charge in [0.2, 0.25) is 5.91 Å². The molecule has 0 saturated carbocycles. The first kappa shape index (κ1) is 21.1. The van der Waals surface area contributed by atoms with Crippen LogP contribution in [0.25, 0.3) is 0 Å². The quantitative estimate of drug-likeness (QED) is 0.495. The minimum absolute atomic E-state index is 0. The van der Waals surface area contributed by atoms with Gasteiger partial charge in [-0.05, 0) is 18.9 Å². The topological polar surface area (TPSA) is 110 Å². The predicted octanol–water partition coefficient (Wildman–Crippen LogP) is 2.31. The SMILES string of the molecule is CC(C)C(C)(CN)NC(=O)CCNc1ccccc1[N+](=O)[O-].Cl. The van der Waals surface area contributed by atoms with Crippen LogP contribution in [0.4, 0.5) is 11.4 Å². The number of carbonyl (C=O) groups is 1. The molecule has 1 rings (SSSR count). The van der Waals surface area contributed by atoms with Crippen LogP contribution in [0.1, 0.15) is 27.2 Å². The van der Waals surface area contributed by atoms with Crippen molar-refractivity contribution in [1.82, 2.24) is 5.32 Å². The number of hydrogen-bond donors (Lipinski definition) is 3. The summed E-state index contributed by atoms with van der Waals surface area (Å²) in [6.45, 7) is 6.58. The Hall–Kier alpha value is -1.86. The minimum atomic E-state index is -0.452. The maximum atomic E-state index is 12.0. The second-order valence-electron chi connectivity index (χ2n) is 5.78. The standard InChI is InChI=1S/C15H24N4O3.ClH/c1-11(2)15(3,10-16)18-14(20)8-9-17-12-6-4-5-7-13(12)19(21)22;/h4-7,11,17H,8-10,16H2,1-3H3,(H,18,20);1H. The van der Waals surface area contributed by atoms with Gasteiger partial charge in [0.1, 0.15) is 5.69 Å². The summed E-state index contributed by atoms with van der Waals surface area (Å²) in [6.07, 6.45) is 0.217. The highest BCUT2D eigenvalue weighted by Crippen LogP contribution is 2.23. The molecular formula is C15H25ClN4O3. The fourth-order valence-corrected chi connectivity index (χ4v) is 1.91. The summed E-state index contributed by atoms with van der Waals surface area (Å²) in [5, 5.41) is 16.7. The van der Waals surface area contributed by atoms with Crippen molar-refractivity contribution < 1.29 is 9.72 Å². The van der Waals surface area contributed by atoms with Crippen LogP contribution in [-0.2, 0) is 4.79 Å². The van der Waals surface area contributed by atoms with Gasteiger partial charge in [0, 0.05) is 25.6 Å². The number of nitrogens with zero attached hydrogens (tertiary/aromatic N) is 1. The van der Waals surface area contributed by atoms with E-state index in [1.165, 1.54) is 6.07 Å². The molecule has 1 unspecified atom stereocenters. The number of rotatable bonds is 8. The van der Waals surface area contributed by atoms with E-state index in [4.69, 9.17) is 5.73 Å². The number of anilines is 1. The Morgan fingerprint density at radius 1 is 1.39 bits per heavy atom. The third-order valence-corrected chi connectivity index (χ3v) is 3.89. The van der Waals surface area contributed by atoms with Crippen molar-refractivity contribution >= 4 is 29.7 Å². The van der Waals surface area contributed by atoms with E-state index in [0.29, 0.717) is 18.8 Å². The highest BCUT2D eigenvalue weighted by molar-refractivity contribution is 5.85. The number of carbonyl (C=O) groups excluding carboxylic acids is 1. The average molecular weight is 345 g/mol. The van der Waals surface area contributed by atoms with E-state index in [2.05, 4.69) is 10.6 Å². The lowest BCUT2D eigenvalue weighted by Gasteiger charge is -2.33. The van der Waals surface area contributed by atoms with Crippen molar-refractivity contribution in [3.8, 4) is 0 Å². The molecule has 1 amide bonds. The van der Waals surface area contributed by atoms with Crippen molar-refractivity contribution in [2.24, 2.45) is 11.7 Å². The molecule has 1 atom stereocenters. The predicted molar refractivity (Wildman–Crippen MR) is 93.9 cm³/mol. The number of para-hydroxylation sites is 2. The van der Waals surface area contributed by atoms with Gasteiger partial charge in [-0.3, -0.25) is 14.9 Å². The van der Waals surface area contributed by atoms with Crippen LogP contribution in [0.2, 0.25) is 0 Å². The molecule has 23 heavy (non-hydrogen) atoms. The van der Waals surface area contributed by atoms with Crippen LogP contribution >= 0.6 is 12.4 Å². The van der Waals surface area contributed by atoms with Gasteiger partial charge in [-0.1, -0.05) is 26.0 Å². The number of nitrogens with one attached hydrogen (secondary N) is 2. The number of nitro benzene ring substituents is 1. The van der Waals surface area contributed by atoms with Crippen LogP contribution in [0.15, 0.2) is 24.3 Å². The summed E-state index contributed by atoms with van der Waals surface area (Å²) in [6, 6.07) is 6.35. The number of benzene rings is 1. The molecule has 1 aromatic rings. The van der Waals surface area contributed by atoms with Gasteiger partial charge in [-0.15, -0.1) is 12.4 Å². The minimum Gasteiger partial charge on any atom is -0.379 e. The summed E-state index contributed by atoms with van der Waals surface area (Å²) in [4.78, 5) is 22.4. The molecule has 0 aliphatic heterocycles. The summed E-state index contributed by atoms with van der Waals surface area (Å²) in [7, 11) is 0. The Balaban J connectivity index is 0.00000484. The molecule has 7 nitrogen and oxygen atoms in total. The average Bonchev–Trinajstić information content (AvgIpc) is 2.47. The Morgan fingerprint density at radius 2 is 2.00 bits per heavy atom. The smallest absolute Gasteiger partial charge is 0.292 e. The lowest BCUT2D eigenvalue weighted by molar-refractivity contribution is -0.384. The fraction of sp³-hybridized carbons (Fsp3) is 0.533. The first-order valence-corrected chi connectivity index (χ1v) is 7.28. The fourth-order valence-electron chi connectivity index (χ4n) is 1.91. The van der Waals surface area contributed by atoms with Gasteiger partial charge in [0.25, 0.3) is 5.69 Å². The molecule has 0 aliphatic carbocycles. The first-order chi connectivity index (χ1) is 10.3. The van der Waals surface area contributed by atoms with E-state index < -0.39 is 10.5 Å². The summed E-state index contributed by atoms with van der Waals surface area (Å²) >= 11 is 0. The molecule has 0 aromatic heterocycles. The van der Waals surface area contributed by atoms with E-state index in [0.717, 1.165) is 0 Å². The maximum absolute atomic E-state index is 12.0. The highest BCUT2D eigenvalue weighted by atomic mass is 35.5. The van der Waals surface area contributed by atoms with Crippen LogP contribution in [0.3, 0.4) is 0 Å². The molecule has 1 aromatic carbocycles. The van der Waals surface area contributed by atoms with Gasteiger partial charge in [-0.2, -0.15) is 0 Å². The lowest BCUT2D eigenvalue weighted by atomic mass is 9.88. The Kier molecular flexibility index (Phi) is 8.56. The van der Waals surface area contributed by atoms with Gasteiger partial charge in [0.05, 0.1) is 10.5 Å². The molecular weight excluding hydrogens is 320 g/mol. The first-order valence-electron chi connectivity index (χ1n) is 7.28. The summed E-state index contributed by atoms with van der Waals surface area (Å²) in [5.74, 6) is 0.0809. The molecule has 0 fully saturated rings. The maximum Gasteiger partial charge on any atom is 0.292 e. The zero-order valence-corrected chi connectivity index (χ0v) is 14.5. The van der Waals surface area contributed by atoms with E-state index in [9.17, 15) is 14.9 Å². The second-order valence-corrected chi connectivity index (χ2v) is 5.78. The Labute approximate surface area is 142 Å². The lowest BCUT2D eigenvalue weighted by Crippen LogP contribution is -2.55. The zero-order valence-electron chi connectivity index (χ0n) is 13.7. The molecule has 0 heterocycles. The van der Waals surface area contributed by atoms with Crippen LogP contribution < -0.4 is 16.4 Å². The molecule has 8 heteroatoms. The molecule has 0 aliphatic rings. The van der Waals surface area contributed by atoms with E-state index in [1.807, 2.05) is 20.8 Å². The number of nitrogens with two attached hydrogens (primary N) is 1. The van der Waals surface area contributed by atoms with E-state index in [-0.39, 0.29) is 36.3 Å². The summed E-state index contributed by atoms with van der Waals surface area (Å²) in [5.41, 5.74) is 5.68. The molecule has 0 spiro atoms. The zero-order chi connectivity index (χ0) is 16.8. The molecule has 0 saturated heterocycles. The third-order valence-electron chi connectivity index (χ3n) is 3.89. The van der Waals surface area contributed by atoms with E-state index in [1.54, 1.807) is 18.2 Å². The normalized spacial score (nSPS) is 12.9. The van der Waals surface area contributed by atoms with Crippen molar-refractivity contribution in [2.45, 2.75) is 32.7 Å². The van der Waals surface area contributed by atoms with Crippen LogP contribution in [0, 0.1) is 16.0 Å². The summed E-state index contributed by atoms with van der Waals surface area (Å²) < 4.78 is 0. The number of halogens is 1. The van der Waals surface area contributed by atoms with Gasteiger partial charge in [-0.25, -0.2) is 0 Å². The van der Waals surface area contributed by atoms with E-state index >= 15 is 0 Å². The van der Waals surface area contributed by atoms with Gasteiger partial charge in [0.15, 0.2) is 0 Å². The molecule has 130 valence electrons. The van der Waals surface area contributed by atoms with Crippen molar-refractivity contribution in [1.29, 1.82) is 0 Å². The molecule has 0 radical (unpaired) electrons. The second kappa shape index (κ2) is 9.32. The molecule has 4 N–H and O–H groups in total. The number of amides is 1. The third kappa shape index (κ3) is 6.03. The van der Waals surface area contributed by atoms with Crippen LogP contribution in [-0.4, -0.2) is 29.5 Å². The highest BCUT2D eigenvalue weighted by Gasteiger charge is 2.28. The number of hydrogen-bond acceptors (Lipinski definition) is 5. The number of nitro groups is 1. The Morgan fingerprint density at radius 3 is 2.52 bits per heavy atom. The van der Waals surface area contributed by atoms with Gasteiger partial charge < -0.3 is 16.4 Å². The molecule has 0 bridgehead atoms. The van der Waals surface area contributed by atoms with Crippen molar-refractivity contribution in [2.75, 3.05) is 18.4 Å². The van der Waals surface area contributed by atoms with Crippen molar-refractivity contribution in [3.05, 3.63) is 34.4 Å².